The van der Waals surface area contributed by atoms with E-state index in [1.807, 2.05) is 38.1 Å². The Morgan fingerprint density at radius 3 is 2.84 bits per heavy atom. The lowest BCUT2D eigenvalue weighted by Gasteiger charge is -2.39. The molecule has 1 N–H and O–H groups in total. The van der Waals surface area contributed by atoms with Gasteiger partial charge in [0.2, 0.25) is 5.91 Å². The van der Waals surface area contributed by atoms with Crippen molar-refractivity contribution in [3.63, 3.8) is 0 Å². The Morgan fingerprint density at radius 1 is 1.47 bits per heavy atom. The molecule has 0 aromatic heterocycles. The smallest absolute Gasteiger partial charge is 0.241 e. The summed E-state index contributed by atoms with van der Waals surface area (Å²) in [6.07, 6.45) is 0. The fourth-order valence-electron chi connectivity index (χ4n) is 2.38. The Kier molecular flexibility index (Phi) is 4.60. The van der Waals surface area contributed by atoms with Gasteiger partial charge in [0.25, 0.3) is 0 Å². The predicted molar refractivity (Wildman–Crippen MR) is 81.6 cm³/mol. The highest BCUT2D eigenvalue weighted by atomic mass is 79.9. The average Bonchev–Trinajstić information content (AvgIpc) is 2.36. The number of benzene rings is 1. The minimum absolute atomic E-state index is 0.163. The lowest BCUT2D eigenvalue weighted by atomic mass is 10.1. The Hall–Kier alpha value is -0.910. The largest absolute Gasteiger partial charge is 0.318 e. The second-order valence-electron chi connectivity index (χ2n) is 5.06. The van der Waals surface area contributed by atoms with Crippen LogP contribution in [0, 0.1) is 6.92 Å². The van der Waals surface area contributed by atoms with Gasteiger partial charge in [-0.05, 0) is 44.8 Å². The van der Waals surface area contributed by atoms with Crippen LogP contribution >= 0.6 is 15.9 Å². The summed E-state index contributed by atoms with van der Waals surface area (Å²) in [6.45, 7) is 4.13. The van der Waals surface area contributed by atoms with Crippen LogP contribution < -0.4 is 10.2 Å². The van der Waals surface area contributed by atoms with Crippen LogP contribution in [0.15, 0.2) is 22.7 Å². The van der Waals surface area contributed by atoms with Crippen LogP contribution in [-0.2, 0) is 4.79 Å². The number of nitrogens with one attached hydrogen (secondary N) is 1. The number of rotatable bonds is 3. The fourth-order valence-corrected chi connectivity index (χ4v) is 2.63. The third-order valence-corrected chi connectivity index (χ3v) is 4.49. The van der Waals surface area contributed by atoms with Crippen LogP contribution in [0.4, 0.5) is 5.69 Å². The van der Waals surface area contributed by atoms with Gasteiger partial charge in [0, 0.05) is 29.3 Å². The Bertz CT molecular complexity index is 478. The summed E-state index contributed by atoms with van der Waals surface area (Å²) in [7, 11) is 3.95. The van der Waals surface area contributed by atoms with E-state index in [0.717, 1.165) is 28.8 Å². The molecule has 19 heavy (non-hydrogen) atoms. The zero-order valence-corrected chi connectivity index (χ0v) is 13.2. The third-order valence-electron chi connectivity index (χ3n) is 3.60. The number of anilines is 1. The number of carbonyl (C=O) groups excluding carboxylic acids is 1. The number of hydrogen-bond donors (Lipinski definition) is 1. The molecule has 1 heterocycles. The second kappa shape index (κ2) is 6.03. The van der Waals surface area contributed by atoms with Crippen molar-refractivity contribution in [2.45, 2.75) is 13.0 Å². The van der Waals surface area contributed by atoms with Crippen LogP contribution in [0.2, 0.25) is 0 Å². The van der Waals surface area contributed by atoms with Gasteiger partial charge >= 0.3 is 0 Å². The molecule has 1 aromatic carbocycles. The van der Waals surface area contributed by atoms with Gasteiger partial charge in [0.15, 0.2) is 0 Å². The first-order chi connectivity index (χ1) is 9.02. The molecule has 4 nitrogen and oxygen atoms in total. The van der Waals surface area contributed by atoms with Crippen molar-refractivity contribution < 1.29 is 4.79 Å². The van der Waals surface area contributed by atoms with Gasteiger partial charge in [0.1, 0.15) is 0 Å². The summed E-state index contributed by atoms with van der Waals surface area (Å²) in [5.41, 5.74) is 2.13. The van der Waals surface area contributed by atoms with Crippen molar-refractivity contribution in [3.8, 4) is 0 Å². The molecule has 1 saturated heterocycles. The van der Waals surface area contributed by atoms with E-state index >= 15 is 0 Å². The number of nitrogens with zero attached hydrogens (tertiary/aromatic N) is 2. The molecule has 1 amide bonds. The second-order valence-corrected chi connectivity index (χ2v) is 5.92. The molecular formula is C14H20BrN3O. The number of likely N-dealkylation sites (N-methyl/N-ethyl adjacent to an activating group) is 2. The molecule has 1 aliphatic rings. The van der Waals surface area contributed by atoms with Crippen LogP contribution in [0.5, 0.6) is 0 Å². The maximum absolute atomic E-state index is 12.2. The first-order valence-electron chi connectivity index (χ1n) is 6.44. The summed E-state index contributed by atoms with van der Waals surface area (Å²) in [5.74, 6) is 0.163. The summed E-state index contributed by atoms with van der Waals surface area (Å²) < 4.78 is 1.07. The number of piperazine rings is 1. The number of amides is 1. The van der Waals surface area contributed by atoms with Crippen molar-refractivity contribution >= 4 is 27.5 Å². The molecular weight excluding hydrogens is 306 g/mol. The molecule has 1 fully saturated rings. The minimum atomic E-state index is 0.163. The van der Waals surface area contributed by atoms with E-state index in [1.165, 1.54) is 0 Å². The Balaban J connectivity index is 2.22. The molecule has 1 aromatic rings. The van der Waals surface area contributed by atoms with E-state index < -0.39 is 0 Å². The van der Waals surface area contributed by atoms with Gasteiger partial charge in [-0.15, -0.1) is 0 Å². The summed E-state index contributed by atoms with van der Waals surface area (Å²) >= 11 is 3.49. The van der Waals surface area contributed by atoms with Gasteiger partial charge in [0.05, 0.1) is 6.54 Å². The number of hydrogen-bond acceptors (Lipinski definition) is 3. The molecule has 1 unspecified atom stereocenters. The standard InChI is InChI=1S/C14H20BrN3O/c1-10-6-11(4-5-13(10)15)18-8-12(7-16-2)17(3)9-14(18)19/h4-6,12,16H,7-9H2,1-3H3. The lowest BCUT2D eigenvalue weighted by Crippen LogP contribution is -2.57. The van der Waals surface area contributed by atoms with Crippen LogP contribution in [0.1, 0.15) is 5.56 Å². The maximum atomic E-state index is 12.2. The fraction of sp³-hybridized carbons (Fsp3) is 0.500. The van der Waals surface area contributed by atoms with Gasteiger partial charge in [-0.3, -0.25) is 9.69 Å². The summed E-state index contributed by atoms with van der Waals surface area (Å²) in [6, 6.07) is 6.41. The molecule has 1 aliphatic heterocycles. The van der Waals surface area contributed by atoms with Crippen molar-refractivity contribution in [1.29, 1.82) is 0 Å². The summed E-state index contributed by atoms with van der Waals surface area (Å²) in [4.78, 5) is 16.2. The molecule has 0 aliphatic carbocycles. The van der Waals surface area contributed by atoms with E-state index in [-0.39, 0.29) is 5.91 Å². The topological polar surface area (TPSA) is 35.6 Å². The van der Waals surface area contributed by atoms with Crippen LogP contribution in [-0.4, -0.2) is 50.6 Å². The van der Waals surface area contributed by atoms with Gasteiger partial charge in [-0.25, -0.2) is 0 Å². The highest BCUT2D eigenvalue weighted by Gasteiger charge is 2.30. The van der Waals surface area contributed by atoms with Gasteiger partial charge in [-0.1, -0.05) is 15.9 Å². The molecule has 0 bridgehead atoms. The summed E-state index contributed by atoms with van der Waals surface area (Å²) in [5, 5.41) is 3.19. The maximum Gasteiger partial charge on any atom is 0.241 e. The minimum Gasteiger partial charge on any atom is -0.318 e. The van der Waals surface area contributed by atoms with Crippen molar-refractivity contribution in [1.82, 2.24) is 10.2 Å². The zero-order chi connectivity index (χ0) is 14.0. The third kappa shape index (κ3) is 3.16. The zero-order valence-electron chi connectivity index (χ0n) is 11.6. The monoisotopic (exact) mass is 325 g/mol. The first kappa shape index (κ1) is 14.5. The lowest BCUT2D eigenvalue weighted by molar-refractivity contribution is -0.121. The van der Waals surface area contributed by atoms with E-state index in [1.54, 1.807) is 0 Å². The highest BCUT2D eigenvalue weighted by Crippen LogP contribution is 2.25. The number of carbonyl (C=O) groups is 1. The van der Waals surface area contributed by atoms with E-state index in [2.05, 4.69) is 32.2 Å². The Labute approximate surface area is 122 Å². The highest BCUT2D eigenvalue weighted by molar-refractivity contribution is 9.10. The molecule has 0 saturated carbocycles. The normalized spacial score (nSPS) is 20.9. The molecule has 0 radical (unpaired) electrons. The van der Waals surface area contributed by atoms with Gasteiger partial charge in [-0.2, -0.15) is 0 Å². The van der Waals surface area contributed by atoms with E-state index in [4.69, 9.17) is 0 Å². The predicted octanol–water partition coefficient (Wildman–Crippen LogP) is 1.62. The molecule has 0 spiro atoms. The Morgan fingerprint density at radius 2 is 2.21 bits per heavy atom. The van der Waals surface area contributed by atoms with Crippen LogP contribution in [0.3, 0.4) is 0 Å². The molecule has 5 heteroatoms. The molecule has 1 atom stereocenters. The quantitative estimate of drug-likeness (QED) is 0.917. The SMILES string of the molecule is CNCC1CN(c2ccc(Br)c(C)c2)C(=O)CN1C. The molecule has 104 valence electrons. The first-order valence-corrected chi connectivity index (χ1v) is 7.23. The van der Waals surface area contributed by atoms with Crippen molar-refractivity contribution in [2.24, 2.45) is 0 Å². The number of aryl methyl sites for hydroxylation is 1. The molecule has 2 rings (SSSR count). The van der Waals surface area contributed by atoms with Gasteiger partial charge < -0.3 is 10.2 Å². The number of halogens is 1. The van der Waals surface area contributed by atoms with E-state index in [0.29, 0.717) is 12.6 Å². The van der Waals surface area contributed by atoms with Crippen LogP contribution in [0.25, 0.3) is 0 Å². The van der Waals surface area contributed by atoms with Crippen molar-refractivity contribution in [2.75, 3.05) is 38.6 Å². The van der Waals surface area contributed by atoms with E-state index in [9.17, 15) is 4.79 Å². The average molecular weight is 326 g/mol. The van der Waals surface area contributed by atoms with Crippen molar-refractivity contribution in [3.05, 3.63) is 28.2 Å².